The van der Waals surface area contributed by atoms with Crippen LogP contribution in [0.5, 0.6) is 0 Å². The summed E-state index contributed by atoms with van der Waals surface area (Å²) >= 11 is 0. The summed E-state index contributed by atoms with van der Waals surface area (Å²) in [6, 6.07) is 0. The molecule has 0 aliphatic carbocycles. The molecule has 0 aliphatic heterocycles. The number of hydrogen-bond donors (Lipinski definition) is 0. The summed E-state index contributed by atoms with van der Waals surface area (Å²) in [5.74, 6) is 2.82. The fourth-order valence-corrected chi connectivity index (χ4v) is 1.69. The molecular formula is C13H23N3. The van der Waals surface area contributed by atoms with Crippen LogP contribution in [0.3, 0.4) is 0 Å². The Balaban J connectivity index is 2.58. The fourth-order valence-electron chi connectivity index (χ4n) is 1.69. The van der Waals surface area contributed by atoms with Crippen molar-refractivity contribution in [2.45, 2.75) is 65.7 Å². The van der Waals surface area contributed by atoms with E-state index < -0.39 is 0 Å². The van der Waals surface area contributed by atoms with E-state index in [1.54, 1.807) is 0 Å². The molecule has 0 N–H and O–H groups in total. The molecular weight excluding hydrogens is 198 g/mol. The summed E-state index contributed by atoms with van der Waals surface area (Å²) in [7, 11) is 0. The highest BCUT2D eigenvalue weighted by Gasteiger charge is 2.03. The van der Waals surface area contributed by atoms with Crippen molar-refractivity contribution < 1.29 is 0 Å². The zero-order valence-electron chi connectivity index (χ0n) is 10.8. The average Bonchev–Trinajstić information content (AvgIpc) is 2.26. The maximum absolute atomic E-state index is 4.52. The zero-order chi connectivity index (χ0) is 11.8. The van der Waals surface area contributed by atoms with Crippen LogP contribution < -0.4 is 0 Å². The van der Waals surface area contributed by atoms with Gasteiger partial charge in [0.05, 0.1) is 0 Å². The number of aromatic nitrogens is 3. The highest BCUT2D eigenvalue weighted by molar-refractivity contribution is 4.96. The van der Waals surface area contributed by atoms with Crippen molar-refractivity contribution in [3.8, 4) is 0 Å². The van der Waals surface area contributed by atoms with E-state index in [9.17, 15) is 0 Å². The van der Waals surface area contributed by atoms with Gasteiger partial charge in [-0.1, -0.05) is 33.1 Å². The molecule has 0 amide bonds. The number of nitrogens with zero attached hydrogens (tertiary/aromatic N) is 3. The highest BCUT2D eigenvalue weighted by Crippen LogP contribution is 2.05. The van der Waals surface area contributed by atoms with Gasteiger partial charge in [-0.25, -0.2) is 15.0 Å². The third-order valence-electron chi connectivity index (χ3n) is 2.60. The van der Waals surface area contributed by atoms with E-state index in [-0.39, 0.29) is 0 Å². The van der Waals surface area contributed by atoms with Crippen LogP contribution in [0.15, 0.2) is 0 Å². The Morgan fingerprint density at radius 1 is 0.750 bits per heavy atom. The first-order valence-corrected chi connectivity index (χ1v) is 6.46. The molecule has 0 spiro atoms. The van der Waals surface area contributed by atoms with Gasteiger partial charge >= 0.3 is 0 Å². The van der Waals surface area contributed by atoms with Crippen molar-refractivity contribution in [3.05, 3.63) is 17.5 Å². The Labute approximate surface area is 98.7 Å². The van der Waals surface area contributed by atoms with E-state index >= 15 is 0 Å². The van der Waals surface area contributed by atoms with Crippen molar-refractivity contribution in [2.75, 3.05) is 0 Å². The topological polar surface area (TPSA) is 38.7 Å². The summed E-state index contributed by atoms with van der Waals surface area (Å²) in [4.78, 5) is 13.3. The van der Waals surface area contributed by atoms with E-state index in [1.165, 1.54) is 25.7 Å². The van der Waals surface area contributed by atoms with Crippen LogP contribution in [0, 0.1) is 6.92 Å². The van der Waals surface area contributed by atoms with Gasteiger partial charge < -0.3 is 0 Å². The van der Waals surface area contributed by atoms with Crippen LogP contribution in [0.2, 0.25) is 0 Å². The lowest BCUT2D eigenvalue weighted by molar-refractivity contribution is 0.665. The van der Waals surface area contributed by atoms with Crippen molar-refractivity contribution in [3.63, 3.8) is 0 Å². The van der Waals surface area contributed by atoms with Gasteiger partial charge in [0.2, 0.25) is 0 Å². The molecule has 1 aromatic heterocycles. The average molecular weight is 221 g/mol. The number of unbranched alkanes of at least 4 members (excludes halogenated alkanes) is 3. The van der Waals surface area contributed by atoms with Crippen LogP contribution in [-0.4, -0.2) is 15.0 Å². The first-order valence-electron chi connectivity index (χ1n) is 6.46. The number of hydrogen-bond acceptors (Lipinski definition) is 3. The first kappa shape index (κ1) is 13.1. The molecule has 0 radical (unpaired) electrons. The van der Waals surface area contributed by atoms with E-state index in [0.717, 1.165) is 36.7 Å². The molecule has 0 saturated carbocycles. The van der Waals surface area contributed by atoms with Gasteiger partial charge in [-0.15, -0.1) is 0 Å². The van der Waals surface area contributed by atoms with Gasteiger partial charge in [0, 0.05) is 12.8 Å². The molecule has 1 aromatic rings. The molecule has 1 rings (SSSR count). The van der Waals surface area contributed by atoms with Gasteiger partial charge in [-0.3, -0.25) is 0 Å². The smallest absolute Gasteiger partial charge is 0.132 e. The third-order valence-corrected chi connectivity index (χ3v) is 2.60. The summed E-state index contributed by atoms with van der Waals surface area (Å²) in [5, 5.41) is 0. The Hall–Kier alpha value is -0.990. The summed E-state index contributed by atoms with van der Waals surface area (Å²) in [6.07, 6.45) is 8.03. The van der Waals surface area contributed by atoms with Gasteiger partial charge in [0.1, 0.15) is 17.5 Å². The van der Waals surface area contributed by atoms with Gasteiger partial charge in [0.15, 0.2) is 0 Å². The molecule has 0 aromatic carbocycles. The predicted octanol–water partition coefficient (Wildman–Crippen LogP) is 3.26. The molecule has 0 unspecified atom stereocenters. The van der Waals surface area contributed by atoms with E-state index in [4.69, 9.17) is 0 Å². The maximum atomic E-state index is 4.52. The third kappa shape index (κ3) is 4.69. The fraction of sp³-hybridized carbons (Fsp3) is 0.769. The Bertz CT molecular complexity index is 310. The molecule has 0 aliphatic rings. The molecule has 0 saturated heterocycles. The van der Waals surface area contributed by atoms with Gasteiger partial charge in [-0.05, 0) is 19.8 Å². The molecule has 1 heterocycles. The van der Waals surface area contributed by atoms with Crippen molar-refractivity contribution in [2.24, 2.45) is 0 Å². The minimum absolute atomic E-state index is 0.868. The first-order chi connectivity index (χ1) is 7.76. The van der Waals surface area contributed by atoms with Gasteiger partial charge in [-0.2, -0.15) is 0 Å². The monoisotopic (exact) mass is 221 g/mol. The van der Waals surface area contributed by atoms with E-state index in [2.05, 4.69) is 28.8 Å². The predicted molar refractivity (Wildman–Crippen MR) is 66.4 cm³/mol. The molecule has 90 valence electrons. The zero-order valence-corrected chi connectivity index (χ0v) is 10.8. The number of aryl methyl sites for hydroxylation is 3. The minimum Gasteiger partial charge on any atom is -0.218 e. The molecule has 16 heavy (non-hydrogen) atoms. The van der Waals surface area contributed by atoms with E-state index in [1.807, 2.05) is 6.92 Å². The molecule has 3 nitrogen and oxygen atoms in total. The van der Waals surface area contributed by atoms with Crippen LogP contribution in [0.1, 0.15) is 63.4 Å². The molecule has 0 fully saturated rings. The number of rotatable bonds is 7. The second-order valence-electron chi connectivity index (χ2n) is 4.28. The molecule has 3 heteroatoms. The summed E-state index contributed by atoms with van der Waals surface area (Å²) < 4.78 is 0. The SMILES string of the molecule is CCCCCc1nc(C)nc(CCCC)n1. The minimum atomic E-state index is 0.868. The second-order valence-corrected chi connectivity index (χ2v) is 4.28. The lowest BCUT2D eigenvalue weighted by Gasteiger charge is -2.04. The van der Waals surface area contributed by atoms with Crippen LogP contribution in [0.25, 0.3) is 0 Å². The van der Waals surface area contributed by atoms with Crippen molar-refractivity contribution in [1.29, 1.82) is 0 Å². The summed E-state index contributed by atoms with van der Waals surface area (Å²) in [6.45, 7) is 6.36. The standard InChI is InChI=1S/C13H23N3/c1-4-6-8-10-13-15-11(3)14-12(16-13)9-7-5-2/h4-10H2,1-3H3. The lowest BCUT2D eigenvalue weighted by Crippen LogP contribution is -2.05. The summed E-state index contributed by atoms with van der Waals surface area (Å²) in [5.41, 5.74) is 0. The molecule has 0 atom stereocenters. The largest absolute Gasteiger partial charge is 0.218 e. The van der Waals surface area contributed by atoms with Crippen molar-refractivity contribution >= 4 is 0 Å². The lowest BCUT2D eigenvalue weighted by atomic mass is 10.2. The maximum Gasteiger partial charge on any atom is 0.132 e. The second kappa shape index (κ2) is 7.31. The van der Waals surface area contributed by atoms with Crippen LogP contribution in [-0.2, 0) is 12.8 Å². The Morgan fingerprint density at radius 3 is 1.88 bits per heavy atom. The highest BCUT2D eigenvalue weighted by atomic mass is 15.0. The Kier molecular flexibility index (Phi) is 5.98. The van der Waals surface area contributed by atoms with E-state index in [0.29, 0.717) is 0 Å². The van der Waals surface area contributed by atoms with Crippen molar-refractivity contribution in [1.82, 2.24) is 15.0 Å². The normalized spacial score (nSPS) is 10.7. The van der Waals surface area contributed by atoms with Crippen LogP contribution in [0.4, 0.5) is 0 Å². The Morgan fingerprint density at radius 2 is 1.31 bits per heavy atom. The quantitative estimate of drug-likeness (QED) is 0.663. The van der Waals surface area contributed by atoms with Crippen LogP contribution >= 0.6 is 0 Å². The van der Waals surface area contributed by atoms with Gasteiger partial charge in [0.25, 0.3) is 0 Å². The molecule has 0 bridgehead atoms.